The number of rotatable bonds is 3. The lowest BCUT2D eigenvalue weighted by Crippen LogP contribution is -2.26. The van der Waals surface area contributed by atoms with Crippen molar-refractivity contribution in [2.75, 3.05) is 13.1 Å². The maximum Gasteiger partial charge on any atom is 0.0547 e. The first-order valence-electron chi connectivity index (χ1n) is 7.86. The lowest BCUT2D eigenvalue weighted by molar-refractivity contribution is 0.206. The van der Waals surface area contributed by atoms with E-state index in [1.54, 1.807) is 0 Å². The van der Waals surface area contributed by atoms with Crippen molar-refractivity contribution in [1.82, 2.24) is 9.88 Å². The van der Waals surface area contributed by atoms with Crippen LogP contribution < -0.4 is 5.73 Å². The highest BCUT2D eigenvalue weighted by Gasteiger charge is 2.27. The van der Waals surface area contributed by atoms with Gasteiger partial charge in [0, 0.05) is 13.1 Å². The molecule has 0 aliphatic carbocycles. The molecule has 2 N–H and O–H groups in total. The molecule has 1 atom stereocenters. The Morgan fingerprint density at radius 3 is 2.65 bits per heavy atom. The molecule has 3 nitrogen and oxygen atoms in total. The van der Waals surface area contributed by atoms with Crippen LogP contribution in [0.3, 0.4) is 0 Å². The Kier molecular flexibility index (Phi) is 5.17. The van der Waals surface area contributed by atoms with Crippen LogP contribution >= 0.6 is 0 Å². The van der Waals surface area contributed by atoms with Crippen molar-refractivity contribution in [2.45, 2.75) is 53.1 Å². The zero-order valence-electron chi connectivity index (χ0n) is 13.2. The number of hydrogen-bond donors (Lipinski definition) is 1. The van der Waals surface area contributed by atoms with Gasteiger partial charge in [-0.05, 0) is 55.8 Å². The lowest BCUT2D eigenvalue weighted by atomic mass is 9.77. The molecule has 3 heteroatoms. The van der Waals surface area contributed by atoms with E-state index in [9.17, 15) is 0 Å². The molecule has 0 bridgehead atoms. The Labute approximate surface area is 123 Å². The van der Waals surface area contributed by atoms with Gasteiger partial charge < -0.3 is 5.73 Å². The molecule has 2 heterocycles. The van der Waals surface area contributed by atoms with E-state index in [-0.39, 0.29) is 0 Å². The van der Waals surface area contributed by atoms with Crippen molar-refractivity contribution in [3.8, 4) is 0 Å². The third-order valence-electron chi connectivity index (χ3n) is 4.50. The highest BCUT2D eigenvalue weighted by molar-refractivity contribution is 5.11. The molecule has 1 unspecified atom stereocenters. The van der Waals surface area contributed by atoms with Crippen LogP contribution in [0.1, 0.15) is 51.4 Å². The van der Waals surface area contributed by atoms with Gasteiger partial charge in [-0.1, -0.05) is 26.8 Å². The molecule has 0 amide bonds. The van der Waals surface area contributed by atoms with Gasteiger partial charge in [-0.3, -0.25) is 9.88 Å². The number of nitrogens with two attached hydrogens (primary N) is 1. The second kappa shape index (κ2) is 6.68. The molecule has 112 valence electrons. The van der Waals surface area contributed by atoms with Crippen LogP contribution in [0, 0.1) is 11.3 Å². The molecule has 1 saturated heterocycles. The van der Waals surface area contributed by atoms with Gasteiger partial charge in [0.25, 0.3) is 0 Å². The van der Waals surface area contributed by atoms with Gasteiger partial charge in [-0.25, -0.2) is 0 Å². The molecule has 20 heavy (non-hydrogen) atoms. The fourth-order valence-electron chi connectivity index (χ4n) is 3.14. The maximum atomic E-state index is 5.67. The molecule has 1 aliphatic heterocycles. The molecule has 0 spiro atoms. The molecular weight excluding hydrogens is 246 g/mol. The van der Waals surface area contributed by atoms with Crippen molar-refractivity contribution in [1.29, 1.82) is 0 Å². The number of pyridine rings is 1. The fourth-order valence-corrected chi connectivity index (χ4v) is 3.14. The van der Waals surface area contributed by atoms with Gasteiger partial charge in [-0.15, -0.1) is 0 Å². The summed E-state index contributed by atoms with van der Waals surface area (Å²) in [6, 6.07) is 6.19. The predicted octanol–water partition coefficient (Wildman–Crippen LogP) is 3.19. The van der Waals surface area contributed by atoms with Crippen molar-refractivity contribution in [3.63, 3.8) is 0 Å². The molecule has 1 aliphatic rings. The zero-order chi connectivity index (χ0) is 14.6. The standard InChI is InChI=1S/C17H29N3/c1-17(2,3)14-6-5-10-20(11-9-14)13-16-8-4-7-15(12-18)19-16/h4,7-8,14H,5-6,9-13,18H2,1-3H3. The van der Waals surface area contributed by atoms with Gasteiger partial charge >= 0.3 is 0 Å². The van der Waals surface area contributed by atoms with Crippen molar-refractivity contribution < 1.29 is 0 Å². The van der Waals surface area contributed by atoms with Crippen LogP contribution in [0.5, 0.6) is 0 Å². The Hall–Kier alpha value is -0.930. The fraction of sp³-hybridized carbons (Fsp3) is 0.706. The number of aromatic nitrogens is 1. The quantitative estimate of drug-likeness (QED) is 0.921. The minimum absolute atomic E-state index is 0.438. The average Bonchev–Trinajstić information content (AvgIpc) is 2.64. The highest BCUT2D eigenvalue weighted by atomic mass is 15.1. The summed E-state index contributed by atoms with van der Waals surface area (Å²) in [6.07, 6.45) is 3.97. The minimum atomic E-state index is 0.438. The summed E-state index contributed by atoms with van der Waals surface area (Å²) < 4.78 is 0. The number of nitrogens with zero attached hydrogens (tertiary/aromatic N) is 2. The zero-order valence-corrected chi connectivity index (χ0v) is 13.2. The Morgan fingerprint density at radius 2 is 1.95 bits per heavy atom. The van der Waals surface area contributed by atoms with Gasteiger partial charge in [0.05, 0.1) is 11.4 Å². The summed E-state index contributed by atoms with van der Waals surface area (Å²) >= 11 is 0. The third kappa shape index (κ3) is 4.29. The Bertz CT molecular complexity index is 422. The predicted molar refractivity (Wildman–Crippen MR) is 84.2 cm³/mol. The molecule has 0 saturated carbocycles. The van der Waals surface area contributed by atoms with Crippen LogP contribution in [0.15, 0.2) is 18.2 Å². The van der Waals surface area contributed by atoms with Gasteiger partial charge in [0.15, 0.2) is 0 Å². The SMILES string of the molecule is CC(C)(C)C1CCCN(Cc2cccc(CN)n2)CC1. The van der Waals surface area contributed by atoms with Crippen LogP contribution in [-0.4, -0.2) is 23.0 Å². The topological polar surface area (TPSA) is 42.1 Å². The largest absolute Gasteiger partial charge is 0.325 e. The first-order valence-corrected chi connectivity index (χ1v) is 7.86. The van der Waals surface area contributed by atoms with Crippen molar-refractivity contribution in [2.24, 2.45) is 17.1 Å². The van der Waals surface area contributed by atoms with Crippen LogP contribution in [0.2, 0.25) is 0 Å². The van der Waals surface area contributed by atoms with Gasteiger partial charge in [-0.2, -0.15) is 0 Å². The van der Waals surface area contributed by atoms with E-state index in [1.165, 1.54) is 32.4 Å². The van der Waals surface area contributed by atoms with E-state index in [0.717, 1.165) is 23.9 Å². The van der Waals surface area contributed by atoms with E-state index in [1.807, 2.05) is 6.07 Å². The van der Waals surface area contributed by atoms with E-state index < -0.39 is 0 Å². The Balaban J connectivity index is 1.94. The van der Waals surface area contributed by atoms with Gasteiger partial charge in [0.1, 0.15) is 0 Å². The molecule has 1 aromatic rings. The summed E-state index contributed by atoms with van der Waals surface area (Å²) in [4.78, 5) is 7.17. The Morgan fingerprint density at radius 1 is 1.20 bits per heavy atom. The highest BCUT2D eigenvalue weighted by Crippen LogP contribution is 2.34. The molecule has 1 fully saturated rings. The number of hydrogen-bond acceptors (Lipinski definition) is 3. The smallest absolute Gasteiger partial charge is 0.0547 e. The van der Waals surface area contributed by atoms with E-state index in [2.05, 4.69) is 42.8 Å². The second-order valence-corrected chi connectivity index (χ2v) is 7.09. The normalized spacial score (nSPS) is 21.7. The minimum Gasteiger partial charge on any atom is -0.325 e. The summed E-state index contributed by atoms with van der Waals surface area (Å²) in [5, 5.41) is 0. The van der Waals surface area contributed by atoms with Crippen LogP contribution in [-0.2, 0) is 13.1 Å². The van der Waals surface area contributed by atoms with E-state index in [4.69, 9.17) is 5.73 Å². The first-order chi connectivity index (χ1) is 9.49. The van der Waals surface area contributed by atoms with Gasteiger partial charge in [0.2, 0.25) is 0 Å². The molecule has 2 rings (SSSR count). The van der Waals surface area contributed by atoms with Crippen LogP contribution in [0.4, 0.5) is 0 Å². The molecular formula is C17H29N3. The van der Waals surface area contributed by atoms with Crippen LogP contribution in [0.25, 0.3) is 0 Å². The molecule has 0 radical (unpaired) electrons. The summed E-state index contributed by atoms with van der Waals surface area (Å²) in [5.74, 6) is 0.843. The maximum absolute atomic E-state index is 5.67. The number of likely N-dealkylation sites (tertiary alicyclic amines) is 1. The lowest BCUT2D eigenvalue weighted by Gasteiger charge is -2.29. The van der Waals surface area contributed by atoms with Crippen molar-refractivity contribution in [3.05, 3.63) is 29.6 Å². The average molecular weight is 275 g/mol. The van der Waals surface area contributed by atoms with Crippen molar-refractivity contribution >= 4 is 0 Å². The molecule has 0 aromatic carbocycles. The summed E-state index contributed by atoms with van der Waals surface area (Å²) in [7, 11) is 0. The summed E-state index contributed by atoms with van der Waals surface area (Å²) in [6.45, 7) is 11.0. The summed E-state index contributed by atoms with van der Waals surface area (Å²) in [5.41, 5.74) is 8.25. The van der Waals surface area contributed by atoms with E-state index >= 15 is 0 Å². The van der Waals surface area contributed by atoms with E-state index in [0.29, 0.717) is 12.0 Å². The molecule has 1 aromatic heterocycles. The third-order valence-corrected chi connectivity index (χ3v) is 4.50. The second-order valence-electron chi connectivity index (χ2n) is 7.09. The monoisotopic (exact) mass is 275 g/mol. The first kappa shape index (κ1) is 15.5.